The molecule has 0 aromatic heterocycles. The highest BCUT2D eigenvalue weighted by molar-refractivity contribution is 14.0. The van der Waals surface area contributed by atoms with Crippen LogP contribution in [0.2, 0.25) is 0 Å². The molecule has 3 fully saturated rings. The lowest BCUT2D eigenvalue weighted by atomic mass is 10.0. The molecule has 7 heteroatoms. The highest BCUT2D eigenvalue weighted by Gasteiger charge is 2.24. The van der Waals surface area contributed by atoms with Crippen LogP contribution in [0.15, 0.2) is 4.99 Å². The summed E-state index contributed by atoms with van der Waals surface area (Å²) in [5, 5.41) is 6.98. The fraction of sp³-hybridized carbons (Fsp3) is 0.947. The predicted octanol–water partition coefficient (Wildman–Crippen LogP) is 2.09. The molecule has 1 aliphatic carbocycles. The Balaban J connectivity index is 0.00000243. The van der Waals surface area contributed by atoms with Crippen LogP contribution in [0, 0.1) is 11.8 Å². The van der Waals surface area contributed by atoms with E-state index < -0.39 is 0 Å². The van der Waals surface area contributed by atoms with E-state index in [0.29, 0.717) is 6.04 Å². The average molecular weight is 480 g/mol. The largest absolute Gasteiger partial charge is 0.381 e. The van der Waals surface area contributed by atoms with Gasteiger partial charge in [0.2, 0.25) is 0 Å². The quantitative estimate of drug-likeness (QED) is 0.229. The van der Waals surface area contributed by atoms with Crippen LogP contribution in [0.25, 0.3) is 0 Å². The number of hydrogen-bond donors (Lipinski definition) is 2. The number of piperidine rings is 1. The van der Waals surface area contributed by atoms with Crippen molar-refractivity contribution >= 4 is 29.9 Å². The molecular weight excluding hydrogens is 443 g/mol. The van der Waals surface area contributed by atoms with Gasteiger partial charge in [-0.1, -0.05) is 0 Å². The van der Waals surface area contributed by atoms with Crippen LogP contribution < -0.4 is 10.6 Å². The highest BCUT2D eigenvalue weighted by atomic mass is 127. The molecule has 0 radical (unpaired) electrons. The van der Waals surface area contributed by atoms with E-state index in [1.807, 2.05) is 0 Å². The van der Waals surface area contributed by atoms with E-state index in [4.69, 9.17) is 9.47 Å². The molecule has 2 heterocycles. The number of guanidine groups is 1. The molecule has 0 amide bonds. The molecule has 0 aromatic carbocycles. The molecule has 2 N–H and O–H groups in total. The molecule has 0 aromatic rings. The minimum Gasteiger partial charge on any atom is -0.381 e. The minimum absolute atomic E-state index is 0. The molecule has 26 heavy (non-hydrogen) atoms. The number of aliphatic imine (C=N–C) groups is 1. The van der Waals surface area contributed by atoms with Gasteiger partial charge in [0.15, 0.2) is 5.96 Å². The van der Waals surface area contributed by atoms with Crippen LogP contribution in [0.5, 0.6) is 0 Å². The number of rotatable bonds is 9. The summed E-state index contributed by atoms with van der Waals surface area (Å²) >= 11 is 0. The average Bonchev–Trinajstić information content (AvgIpc) is 3.31. The Hall–Kier alpha value is -0.120. The molecular formula is C19H37IN4O2. The zero-order chi connectivity index (χ0) is 17.3. The van der Waals surface area contributed by atoms with Crippen LogP contribution in [0.1, 0.15) is 39.0 Å². The molecule has 1 saturated carbocycles. The predicted molar refractivity (Wildman–Crippen MR) is 116 cm³/mol. The normalized spacial score (nSPS) is 25.1. The third-order valence-corrected chi connectivity index (χ3v) is 5.37. The molecule has 0 bridgehead atoms. The summed E-state index contributed by atoms with van der Waals surface area (Å²) in [5.41, 5.74) is 0. The standard InChI is InChI=1S/C19H36N4O2.HI/c1-2-20-19(21-8-12-25-14-16-3-4-16)22-18-5-9-23(10-6-18)13-17-7-11-24-15-17;/h16-18H,2-15H2,1H3,(H2,20,21,22);1H. The summed E-state index contributed by atoms with van der Waals surface area (Å²) in [6.07, 6.45) is 6.31. The zero-order valence-electron chi connectivity index (χ0n) is 16.3. The fourth-order valence-corrected chi connectivity index (χ4v) is 3.62. The Morgan fingerprint density at radius 2 is 1.96 bits per heavy atom. The van der Waals surface area contributed by atoms with Gasteiger partial charge in [-0.05, 0) is 50.9 Å². The van der Waals surface area contributed by atoms with E-state index in [0.717, 1.165) is 57.3 Å². The van der Waals surface area contributed by atoms with Gasteiger partial charge in [0.1, 0.15) is 0 Å². The first-order valence-corrected chi connectivity index (χ1v) is 10.3. The number of nitrogens with one attached hydrogen (secondary N) is 2. The molecule has 6 nitrogen and oxygen atoms in total. The molecule has 1 unspecified atom stereocenters. The van der Waals surface area contributed by atoms with Crippen LogP contribution in [-0.2, 0) is 9.47 Å². The van der Waals surface area contributed by atoms with Crippen molar-refractivity contribution in [3.8, 4) is 0 Å². The van der Waals surface area contributed by atoms with Crippen molar-refractivity contribution in [1.29, 1.82) is 0 Å². The summed E-state index contributed by atoms with van der Waals surface area (Å²) < 4.78 is 11.2. The van der Waals surface area contributed by atoms with Crippen LogP contribution in [0.4, 0.5) is 0 Å². The van der Waals surface area contributed by atoms with Crippen LogP contribution in [0.3, 0.4) is 0 Å². The van der Waals surface area contributed by atoms with Crippen LogP contribution in [-0.4, -0.2) is 76.1 Å². The van der Waals surface area contributed by atoms with Crippen molar-refractivity contribution in [1.82, 2.24) is 15.5 Å². The summed E-state index contributed by atoms with van der Waals surface area (Å²) in [6, 6.07) is 0.529. The molecule has 3 rings (SSSR count). The van der Waals surface area contributed by atoms with Crippen molar-refractivity contribution in [2.75, 3.05) is 59.2 Å². The summed E-state index contributed by atoms with van der Waals surface area (Å²) in [5.74, 6) is 2.52. The van der Waals surface area contributed by atoms with Gasteiger partial charge in [0, 0.05) is 45.4 Å². The SMILES string of the molecule is CCNC(=NCCOCC1CC1)NC1CCN(CC2CCOC2)CC1.I. The Morgan fingerprint density at radius 3 is 2.62 bits per heavy atom. The highest BCUT2D eigenvalue weighted by Crippen LogP contribution is 2.28. The Morgan fingerprint density at radius 1 is 1.15 bits per heavy atom. The van der Waals surface area contributed by atoms with Crippen molar-refractivity contribution in [3.05, 3.63) is 0 Å². The Bertz CT molecular complexity index is 406. The fourth-order valence-electron chi connectivity index (χ4n) is 3.62. The summed E-state index contributed by atoms with van der Waals surface area (Å²) in [4.78, 5) is 7.27. The van der Waals surface area contributed by atoms with E-state index in [1.165, 1.54) is 51.7 Å². The van der Waals surface area contributed by atoms with Gasteiger partial charge >= 0.3 is 0 Å². The Labute approximate surface area is 175 Å². The van der Waals surface area contributed by atoms with Crippen molar-refractivity contribution in [2.24, 2.45) is 16.8 Å². The Kier molecular flexibility index (Phi) is 10.5. The lowest BCUT2D eigenvalue weighted by molar-refractivity contribution is 0.131. The number of likely N-dealkylation sites (tertiary alicyclic amines) is 1. The molecule has 3 aliphatic rings. The van der Waals surface area contributed by atoms with Gasteiger partial charge in [-0.15, -0.1) is 24.0 Å². The lowest BCUT2D eigenvalue weighted by Crippen LogP contribution is -2.49. The molecule has 1 atom stereocenters. The van der Waals surface area contributed by atoms with Crippen molar-refractivity contribution < 1.29 is 9.47 Å². The van der Waals surface area contributed by atoms with Crippen molar-refractivity contribution in [2.45, 2.75) is 45.1 Å². The third kappa shape index (κ3) is 8.27. The van der Waals surface area contributed by atoms with Crippen molar-refractivity contribution in [3.63, 3.8) is 0 Å². The number of nitrogens with zero attached hydrogens (tertiary/aromatic N) is 2. The summed E-state index contributed by atoms with van der Waals surface area (Å²) in [6.45, 7) is 10.9. The maximum atomic E-state index is 5.67. The number of halogens is 1. The molecule has 152 valence electrons. The molecule has 2 aliphatic heterocycles. The topological polar surface area (TPSA) is 58.1 Å². The van der Waals surface area contributed by atoms with Gasteiger partial charge in [0.25, 0.3) is 0 Å². The second kappa shape index (κ2) is 12.4. The van der Waals surface area contributed by atoms with E-state index in [2.05, 4.69) is 27.4 Å². The van der Waals surface area contributed by atoms with Gasteiger partial charge in [-0.2, -0.15) is 0 Å². The lowest BCUT2D eigenvalue weighted by Gasteiger charge is -2.34. The van der Waals surface area contributed by atoms with Gasteiger partial charge in [-0.25, -0.2) is 0 Å². The number of ether oxygens (including phenoxy) is 2. The first-order chi connectivity index (χ1) is 12.3. The second-order valence-electron chi connectivity index (χ2n) is 7.73. The smallest absolute Gasteiger partial charge is 0.191 e. The van der Waals surface area contributed by atoms with Crippen LogP contribution >= 0.6 is 24.0 Å². The monoisotopic (exact) mass is 480 g/mol. The van der Waals surface area contributed by atoms with E-state index >= 15 is 0 Å². The zero-order valence-corrected chi connectivity index (χ0v) is 18.6. The maximum Gasteiger partial charge on any atom is 0.191 e. The van der Waals surface area contributed by atoms with Gasteiger partial charge in [0.05, 0.1) is 19.8 Å². The van der Waals surface area contributed by atoms with E-state index in [9.17, 15) is 0 Å². The second-order valence-corrected chi connectivity index (χ2v) is 7.73. The third-order valence-electron chi connectivity index (χ3n) is 5.37. The van der Waals surface area contributed by atoms with Gasteiger partial charge in [-0.3, -0.25) is 4.99 Å². The molecule has 2 saturated heterocycles. The summed E-state index contributed by atoms with van der Waals surface area (Å²) in [7, 11) is 0. The molecule has 0 spiro atoms. The first kappa shape index (κ1) is 22.2. The van der Waals surface area contributed by atoms with E-state index in [1.54, 1.807) is 0 Å². The maximum absolute atomic E-state index is 5.67. The first-order valence-electron chi connectivity index (χ1n) is 10.3. The number of hydrogen-bond acceptors (Lipinski definition) is 4. The minimum atomic E-state index is 0. The van der Waals surface area contributed by atoms with Gasteiger partial charge < -0.3 is 25.0 Å². The van der Waals surface area contributed by atoms with E-state index in [-0.39, 0.29) is 24.0 Å².